The molecule has 116 valence electrons. The van der Waals surface area contributed by atoms with E-state index in [1.807, 2.05) is 18.1 Å². The molecule has 2 aliphatic rings. The summed E-state index contributed by atoms with van der Waals surface area (Å²) in [5.41, 5.74) is 0.291. The van der Waals surface area contributed by atoms with E-state index in [1.54, 1.807) is 10.8 Å². The van der Waals surface area contributed by atoms with Gasteiger partial charge in [-0.1, -0.05) is 12.8 Å². The minimum atomic E-state index is 0.0706. The molecule has 5 heteroatoms. The van der Waals surface area contributed by atoms with Gasteiger partial charge in [0.1, 0.15) is 0 Å². The predicted molar refractivity (Wildman–Crippen MR) is 82.1 cm³/mol. The predicted octanol–water partition coefficient (Wildman–Crippen LogP) is 1.76. The molecule has 0 radical (unpaired) electrons. The van der Waals surface area contributed by atoms with Crippen molar-refractivity contribution in [3.8, 4) is 0 Å². The quantitative estimate of drug-likeness (QED) is 0.848. The summed E-state index contributed by atoms with van der Waals surface area (Å²) in [7, 11) is 6.26. The van der Waals surface area contributed by atoms with Gasteiger partial charge in [0.2, 0.25) is 0 Å². The molecule has 2 heterocycles. The van der Waals surface area contributed by atoms with Crippen LogP contribution in [0.15, 0.2) is 12.4 Å². The monoisotopic (exact) mass is 290 g/mol. The summed E-state index contributed by atoms with van der Waals surface area (Å²) in [5.74, 6) is 1.54. The van der Waals surface area contributed by atoms with Gasteiger partial charge in [-0.3, -0.25) is 4.79 Å². The summed E-state index contributed by atoms with van der Waals surface area (Å²) in [6, 6.07) is 0. The second-order valence-electron chi connectivity index (χ2n) is 6.92. The van der Waals surface area contributed by atoms with Gasteiger partial charge in [-0.05, 0) is 39.3 Å². The van der Waals surface area contributed by atoms with Crippen molar-refractivity contribution in [3.05, 3.63) is 18.2 Å². The summed E-state index contributed by atoms with van der Waals surface area (Å²) >= 11 is 0. The summed E-state index contributed by atoms with van der Waals surface area (Å²) in [4.78, 5) is 21.1. The van der Waals surface area contributed by atoms with Crippen LogP contribution in [-0.4, -0.2) is 58.0 Å². The van der Waals surface area contributed by atoms with Gasteiger partial charge in [0.05, 0.1) is 0 Å². The van der Waals surface area contributed by atoms with Crippen LogP contribution in [0, 0.1) is 5.92 Å². The van der Waals surface area contributed by atoms with Gasteiger partial charge in [-0.25, -0.2) is 4.98 Å². The van der Waals surface area contributed by atoms with Crippen LogP contribution in [0.5, 0.6) is 0 Å². The lowest BCUT2D eigenvalue weighted by Crippen LogP contribution is -2.54. The van der Waals surface area contributed by atoms with Crippen LogP contribution < -0.4 is 0 Å². The van der Waals surface area contributed by atoms with E-state index < -0.39 is 0 Å². The molecular weight excluding hydrogens is 264 g/mol. The average Bonchev–Trinajstić information content (AvgIpc) is 3.17. The SMILES string of the molecule is CN(C)C1(CC2CC2)CCN(C(=O)c2nccn2C)CC1. The molecule has 1 aliphatic heterocycles. The minimum absolute atomic E-state index is 0.0706. The highest BCUT2D eigenvalue weighted by Crippen LogP contribution is 2.42. The van der Waals surface area contributed by atoms with E-state index in [0.717, 1.165) is 31.8 Å². The highest BCUT2D eigenvalue weighted by molar-refractivity contribution is 5.90. The second kappa shape index (κ2) is 5.44. The average molecular weight is 290 g/mol. The van der Waals surface area contributed by atoms with Crippen molar-refractivity contribution in [3.63, 3.8) is 0 Å². The third kappa shape index (κ3) is 2.84. The Labute approximate surface area is 126 Å². The molecule has 1 saturated heterocycles. The van der Waals surface area contributed by atoms with Crippen molar-refractivity contribution < 1.29 is 4.79 Å². The van der Waals surface area contributed by atoms with Gasteiger partial charge in [0.15, 0.2) is 5.82 Å². The van der Waals surface area contributed by atoms with Gasteiger partial charge in [-0.15, -0.1) is 0 Å². The molecule has 5 nitrogen and oxygen atoms in total. The number of hydrogen-bond acceptors (Lipinski definition) is 3. The van der Waals surface area contributed by atoms with Gasteiger partial charge in [0.25, 0.3) is 5.91 Å². The van der Waals surface area contributed by atoms with Gasteiger partial charge in [0, 0.05) is 38.1 Å². The van der Waals surface area contributed by atoms with Crippen LogP contribution in [0.25, 0.3) is 0 Å². The number of piperidine rings is 1. The largest absolute Gasteiger partial charge is 0.336 e. The summed E-state index contributed by atoms with van der Waals surface area (Å²) in [6.45, 7) is 1.69. The second-order valence-corrected chi connectivity index (χ2v) is 6.92. The van der Waals surface area contributed by atoms with Crippen molar-refractivity contribution in [1.29, 1.82) is 0 Å². The minimum Gasteiger partial charge on any atom is -0.336 e. The number of imidazole rings is 1. The highest BCUT2D eigenvalue weighted by atomic mass is 16.2. The number of amides is 1. The molecule has 1 aliphatic carbocycles. The zero-order chi connectivity index (χ0) is 15.0. The van der Waals surface area contributed by atoms with Crippen LogP contribution in [0.4, 0.5) is 0 Å². The molecule has 1 aromatic rings. The Morgan fingerprint density at radius 1 is 1.38 bits per heavy atom. The van der Waals surface area contributed by atoms with Crippen molar-refractivity contribution in [2.75, 3.05) is 27.2 Å². The third-order valence-corrected chi connectivity index (χ3v) is 5.31. The number of hydrogen-bond donors (Lipinski definition) is 0. The first-order valence-electron chi connectivity index (χ1n) is 7.96. The van der Waals surface area contributed by atoms with Crippen LogP contribution in [0.2, 0.25) is 0 Å². The van der Waals surface area contributed by atoms with E-state index in [-0.39, 0.29) is 5.91 Å². The third-order valence-electron chi connectivity index (χ3n) is 5.31. The number of aryl methyl sites for hydroxylation is 1. The Morgan fingerprint density at radius 2 is 2.05 bits per heavy atom. The molecule has 0 bridgehead atoms. The number of likely N-dealkylation sites (tertiary alicyclic amines) is 1. The Hall–Kier alpha value is -1.36. The zero-order valence-corrected chi connectivity index (χ0v) is 13.4. The lowest BCUT2D eigenvalue weighted by molar-refractivity contribution is 0.0353. The Kier molecular flexibility index (Phi) is 3.78. The molecule has 1 aromatic heterocycles. The number of carbonyl (C=O) groups is 1. The van der Waals surface area contributed by atoms with Crippen LogP contribution in [-0.2, 0) is 7.05 Å². The summed E-state index contributed by atoms with van der Waals surface area (Å²) < 4.78 is 1.81. The van der Waals surface area contributed by atoms with Crippen molar-refractivity contribution in [1.82, 2.24) is 19.4 Å². The first kappa shape index (κ1) is 14.6. The fourth-order valence-corrected chi connectivity index (χ4v) is 3.53. The van der Waals surface area contributed by atoms with E-state index in [9.17, 15) is 4.79 Å². The van der Waals surface area contributed by atoms with Gasteiger partial charge >= 0.3 is 0 Å². The maximum Gasteiger partial charge on any atom is 0.289 e. The zero-order valence-electron chi connectivity index (χ0n) is 13.4. The smallest absolute Gasteiger partial charge is 0.289 e. The Balaban J connectivity index is 1.66. The van der Waals surface area contributed by atoms with E-state index >= 15 is 0 Å². The lowest BCUT2D eigenvalue weighted by atomic mass is 9.81. The number of nitrogens with zero attached hydrogens (tertiary/aromatic N) is 4. The Morgan fingerprint density at radius 3 is 2.52 bits per heavy atom. The molecular formula is C16H26N4O. The summed E-state index contributed by atoms with van der Waals surface area (Å²) in [6.07, 6.45) is 9.75. The lowest BCUT2D eigenvalue weighted by Gasteiger charge is -2.46. The van der Waals surface area contributed by atoms with E-state index in [2.05, 4.69) is 24.0 Å². The first-order chi connectivity index (χ1) is 10.0. The molecule has 0 spiro atoms. The van der Waals surface area contributed by atoms with Crippen molar-refractivity contribution >= 4 is 5.91 Å². The van der Waals surface area contributed by atoms with Crippen LogP contribution >= 0.6 is 0 Å². The Bertz CT molecular complexity index is 510. The highest BCUT2D eigenvalue weighted by Gasteiger charge is 2.42. The van der Waals surface area contributed by atoms with Crippen molar-refractivity contribution in [2.45, 2.75) is 37.6 Å². The van der Waals surface area contributed by atoms with Crippen LogP contribution in [0.3, 0.4) is 0 Å². The fourth-order valence-electron chi connectivity index (χ4n) is 3.53. The standard InChI is InChI=1S/C16H26N4O/c1-18(2)16(12-13-4-5-13)6-9-20(10-7-16)15(21)14-17-8-11-19(14)3/h8,11,13H,4-7,9-10,12H2,1-3H3. The maximum absolute atomic E-state index is 12.5. The van der Waals surface area contributed by atoms with Gasteiger partial charge < -0.3 is 14.4 Å². The fraction of sp³-hybridized carbons (Fsp3) is 0.750. The molecule has 0 atom stereocenters. The number of carbonyl (C=O) groups excluding carboxylic acids is 1. The molecule has 1 saturated carbocycles. The molecule has 1 amide bonds. The number of rotatable bonds is 4. The normalized spacial score (nSPS) is 21.8. The van der Waals surface area contributed by atoms with Crippen LogP contribution in [0.1, 0.15) is 42.7 Å². The molecule has 2 fully saturated rings. The number of aromatic nitrogens is 2. The maximum atomic E-state index is 12.5. The van der Waals surface area contributed by atoms with Crippen molar-refractivity contribution in [2.24, 2.45) is 13.0 Å². The van der Waals surface area contributed by atoms with E-state index in [4.69, 9.17) is 0 Å². The van der Waals surface area contributed by atoms with E-state index in [1.165, 1.54) is 19.3 Å². The van der Waals surface area contributed by atoms with E-state index in [0.29, 0.717) is 11.4 Å². The van der Waals surface area contributed by atoms with Gasteiger partial charge in [-0.2, -0.15) is 0 Å². The summed E-state index contributed by atoms with van der Waals surface area (Å²) in [5, 5.41) is 0. The molecule has 3 rings (SSSR count). The molecule has 21 heavy (non-hydrogen) atoms. The molecule has 0 aromatic carbocycles. The topological polar surface area (TPSA) is 41.4 Å². The molecule has 0 unspecified atom stereocenters. The first-order valence-corrected chi connectivity index (χ1v) is 7.96. The molecule has 0 N–H and O–H groups in total.